The van der Waals surface area contributed by atoms with E-state index in [1.807, 2.05) is 31.3 Å². The Balaban J connectivity index is 1.99. The van der Waals surface area contributed by atoms with Crippen molar-refractivity contribution >= 4 is 28.2 Å². The zero-order valence-electron chi connectivity index (χ0n) is 14.9. The van der Waals surface area contributed by atoms with Gasteiger partial charge < -0.3 is 16.0 Å². The van der Waals surface area contributed by atoms with E-state index in [1.54, 1.807) is 11.4 Å². The molecule has 2 aromatic rings. The Bertz CT molecular complexity index is 708. The van der Waals surface area contributed by atoms with Crippen LogP contribution in [0.4, 0.5) is 5.00 Å². The average Bonchev–Trinajstić information content (AvgIpc) is 3.06. The summed E-state index contributed by atoms with van der Waals surface area (Å²) in [5.41, 5.74) is 2.27. The lowest BCUT2D eigenvalue weighted by Gasteiger charge is -2.09. The largest absolute Gasteiger partial charge is 0.352 e. The number of amides is 2. The van der Waals surface area contributed by atoms with E-state index in [-0.39, 0.29) is 11.8 Å². The SMILES string of the molecule is CNCCCNC(=O)c1ccsc1NC(=O)c1ccc(C(C)C)cc1. The summed E-state index contributed by atoms with van der Waals surface area (Å²) in [7, 11) is 1.88. The summed E-state index contributed by atoms with van der Waals surface area (Å²) < 4.78 is 0. The summed E-state index contributed by atoms with van der Waals surface area (Å²) in [4.78, 5) is 24.7. The fraction of sp³-hybridized carbons (Fsp3) is 0.368. The molecule has 0 saturated carbocycles. The van der Waals surface area contributed by atoms with Crippen molar-refractivity contribution in [2.75, 3.05) is 25.5 Å². The van der Waals surface area contributed by atoms with Crippen LogP contribution in [0.3, 0.4) is 0 Å². The predicted octanol–water partition coefficient (Wildman–Crippen LogP) is 3.46. The van der Waals surface area contributed by atoms with Gasteiger partial charge >= 0.3 is 0 Å². The second kappa shape index (κ2) is 9.34. The van der Waals surface area contributed by atoms with Crippen molar-refractivity contribution in [1.29, 1.82) is 0 Å². The highest BCUT2D eigenvalue weighted by Gasteiger charge is 2.15. The summed E-state index contributed by atoms with van der Waals surface area (Å²) in [6.07, 6.45) is 0.857. The van der Waals surface area contributed by atoms with Gasteiger partial charge in [0.15, 0.2) is 0 Å². The monoisotopic (exact) mass is 359 g/mol. The van der Waals surface area contributed by atoms with Gasteiger partial charge in [0.1, 0.15) is 5.00 Å². The minimum Gasteiger partial charge on any atom is -0.352 e. The molecule has 0 spiro atoms. The Morgan fingerprint density at radius 2 is 1.76 bits per heavy atom. The van der Waals surface area contributed by atoms with E-state index < -0.39 is 0 Å². The van der Waals surface area contributed by atoms with Gasteiger partial charge in [-0.2, -0.15) is 0 Å². The number of benzene rings is 1. The van der Waals surface area contributed by atoms with Crippen molar-refractivity contribution < 1.29 is 9.59 Å². The Morgan fingerprint density at radius 3 is 2.40 bits per heavy atom. The van der Waals surface area contributed by atoms with Crippen LogP contribution >= 0.6 is 11.3 Å². The van der Waals surface area contributed by atoms with Crippen LogP contribution in [0, 0.1) is 0 Å². The van der Waals surface area contributed by atoms with Gasteiger partial charge in [-0.3, -0.25) is 9.59 Å². The molecule has 6 heteroatoms. The number of carbonyl (C=O) groups excluding carboxylic acids is 2. The van der Waals surface area contributed by atoms with Gasteiger partial charge in [0.25, 0.3) is 11.8 Å². The van der Waals surface area contributed by atoms with Crippen LogP contribution in [0.5, 0.6) is 0 Å². The quantitative estimate of drug-likeness (QED) is 0.632. The maximum atomic E-state index is 12.4. The topological polar surface area (TPSA) is 70.2 Å². The lowest BCUT2D eigenvalue weighted by atomic mass is 10.0. The Kier molecular flexibility index (Phi) is 7.16. The van der Waals surface area contributed by atoms with E-state index in [9.17, 15) is 9.59 Å². The van der Waals surface area contributed by atoms with Crippen molar-refractivity contribution in [1.82, 2.24) is 10.6 Å². The van der Waals surface area contributed by atoms with E-state index >= 15 is 0 Å². The molecule has 0 bridgehead atoms. The molecule has 2 amide bonds. The van der Waals surface area contributed by atoms with Gasteiger partial charge in [-0.15, -0.1) is 11.3 Å². The maximum Gasteiger partial charge on any atom is 0.256 e. The minimum absolute atomic E-state index is 0.164. The molecule has 2 rings (SSSR count). The molecule has 134 valence electrons. The third-order valence-corrected chi connectivity index (χ3v) is 4.70. The summed E-state index contributed by atoms with van der Waals surface area (Å²) in [5, 5.41) is 11.1. The Labute approximate surface area is 152 Å². The van der Waals surface area contributed by atoms with Crippen molar-refractivity contribution in [2.45, 2.75) is 26.2 Å². The summed E-state index contributed by atoms with van der Waals surface area (Å²) in [6.45, 7) is 5.67. The van der Waals surface area contributed by atoms with Gasteiger partial charge in [0, 0.05) is 12.1 Å². The van der Waals surface area contributed by atoms with Crippen LogP contribution in [0.2, 0.25) is 0 Å². The number of nitrogens with one attached hydrogen (secondary N) is 3. The predicted molar refractivity (Wildman–Crippen MR) is 104 cm³/mol. The number of thiophene rings is 1. The fourth-order valence-corrected chi connectivity index (χ4v) is 3.12. The molecule has 1 aromatic heterocycles. The van der Waals surface area contributed by atoms with Crippen molar-refractivity contribution in [3.05, 3.63) is 52.4 Å². The molecule has 0 aliphatic rings. The third-order valence-electron chi connectivity index (χ3n) is 3.87. The number of rotatable bonds is 8. The van der Waals surface area contributed by atoms with Crippen LogP contribution in [0.15, 0.2) is 35.7 Å². The number of anilines is 1. The van der Waals surface area contributed by atoms with Crippen LogP contribution in [0.25, 0.3) is 0 Å². The highest BCUT2D eigenvalue weighted by molar-refractivity contribution is 7.14. The van der Waals surface area contributed by atoms with E-state index in [0.29, 0.717) is 28.6 Å². The van der Waals surface area contributed by atoms with Gasteiger partial charge in [-0.1, -0.05) is 26.0 Å². The molecule has 0 atom stereocenters. The molecular formula is C19H25N3O2S. The molecular weight excluding hydrogens is 334 g/mol. The van der Waals surface area contributed by atoms with Crippen LogP contribution < -0.4 is 16.0 Å². The second-order valence-electron chi connectivity index (χ2n) is 6.11. The zero-order chi connectivity index (χ0) is 18.2. The molecule has 1 heterocycles. The molecule has 0 radical (unpaired) electrons. The normalized spacial score (nSPS) is 10.7. The maximum absolute atomic E-state index is 12.4. The van der Waals surface area contributed by atoms with Gasteiger partial charge in [0.05, 0.1) is 5.56 Å². The molecule has 25 heavy (non-hydrogen) atoms. The molecule has 0 aliphatic carbocycles. The lowest BCUT2D eigenvalue weighted by Crippen LogP contribution is -2.27. The first-order chi connectivity index (χ1) is 12.0. The minimum atomic E-state index is -0.206. The third kappa shape index (κ3) is 5.41. The average molecular weight is 359 g/mol. The standard InChI is InChI=1S/C19H25N3O2S/c1-13(2)14-5-7-15(8-6-14)17(23)22-19-16(9-12-25-19)18(24)21-11-4-10-20-3/h5-9,12-13,20H,4,10-11H2,1-3H3,(H,21,24)(H,22,23). The van der Waals surface area contributed by atoms with E-state index in [1.165, 1.54) is 16.9 Å². The molecule has 0 aliphatic heterocycles. The van der Waals surface area contributed by atoms with E-state index in [0.717, 1.165) is 13.0 Å². The summed E-state index contributed by atoms with van der Waals surface area (Å²) in [5.74, 6) is 0.0532. The molecule has 0 saturated heterocycles. The summed E-state index contributed by atoms with van der Waals surface area (Å²) in [6, 6.07) is 9.29. The molecule has 5 nitrogen and oxygen atoms in total. The second-order valence-corrected chi connectivity index (χ2v) is 7.02. The van der Waals surface area contributed by atoms with Crippen molar-refractivity contribution in [3.8, 4) is 0 Å². The first-order valence-corrected chi connectivity index (χ1v) is 9.32. The van der Waals surface area contributed by atoms with E-state index in [2.05, 4.69) is 29.8 Å². The molecule has 0 fully saturated rings. The van der Waals surface area contributed by atoms with Crippen LogP contribution in [-0.2, 0) is 0 Å². The highest BCUT2D eigenvalue weighted by Crippen LogP contribution is 2.24. The highest BCUT2D eigenvalue weighted by atomic mass is 32.1. The van der Waals surface area contributed by atoms with Crippen molar-refractivity contribution in [3.63, 3.8) is 0 Å². The molecule has 1 aromatic carbocycles. The Morgan fingerprint density at radius 1 is 1.04 bits per heavy atom. The van der Waals surface area contributed by atoms with Crippen molar-refractivity contribution in [2.24, 2.45) is 0 Å². The smallest absolute Gasteiger partial charge is 0.256 e. The first kappa shape index (κ1) is 19.1. The van der Waals surface area contributed by atoms with Gasteiger partial charge in [-0.05, 0) is 55.1 Å². The number of hydrogen-bond acceptors (Lipinski definition) is 4. The van der Waals surface area contributed by atoms with Gasteiger partial charge in [-0.25, -0.2) is 0 Å². The lowest BCUT2D eigenvalue weighted by molar-refractivity contribution is 0.0954. The fourth-order valence-electron chi connectivity index (χ4n) is 2.34. The van der Waals surface area contributed by atoms with Crippen LogP contribution in [0.1, 0.15) is 52.5 Å². The first-order valence-electron chi connectivity index (χ1n) is 8.44. The summed E-state index contributed by atoms with van der Waals surface area (Å²) >= 11 is 1.35. The van der Waals surface area contributed by atoms with E-state index in [4.69, 9.17) is 0 Å². The molecule has 3 N–H and O–H groups in total. The van der Waals surface area contributed by atoms with Gasteiger partial charge in [0.2, 0.25) is 0 Å². The zero-order valence-corrected chi connectivity index (χ0v) is 15.7. The number of hydrogen-bond donors (Lipinski definition) is 3. The van der Waals surface area contributed by atoms with Crippen LogP contribution in [-0.4, -0.2) is 32.0 Å². The molecule has 0 unspecified atom stereocenters. The number of carbonyl (C=O) groups is 2. The Hall–Kier alpha value is -2.18.